The highest BCUT2D eigenvalue weighted by molar-refractivity contribution is 6.74. The van der Waals surface area contributed by atoms with Crippen molar-refractivity contribution in [3.63, 3.8) is 0 Å². The fourth-order valence-electron chi connectivity index (χ4n) is 2.57. The Hall–Kier alpha value is -1.37. The summed E-state index contributed by atoms with van der Waals surface area (Å²) in [6.45, 7) is 14.0. The topological polar surface area (TPSA) is 48.0 Å². The van der Waals surface area contributed by atoms with Crippen LogP contribution in [-0.4, -0.2) is 51.7 Å². The number of likely N-dealkylation sites (tertiary alicyclic amines) is 1. The first-order chi connectivity index (χ1) is 12.2. The van der Waals surface area contributed by atoms with Gasteiger partial charge in [-0.2, -0.15) is 0 Å². The normalized spacial score (nSPS) is 18.2. The molecule has 1 atom stereocenters. The van der Waals surface area contributed by atoms with Crippen molar-refractivity contribution >= 4 is 14.4 Å². The molecule has 0 N–H and O–H groups in total. The molecule has 1 aliphatic heterocycles. The summed E-state index contributed by atoms with van der Waals surface area (Å²) < 4.78 is 17.4. The van der Waals surface area contributed by atoms with Crippen LogP contribution in [0.2, 0.25) is 18.1 Å². The Bertz CT molecular complexity index is 571. The maximum absolute atomic E-state index is 12.2. The highest BCUT2D eigenvalue weighted by Gasteiger charge is 2.37. The Balaban J connectivity index is 1.64. The molecule has 1 aliphatic rings. The number of rotatable bonds is 7. The highest BCUT2D eigenvalue weighted by atomic mass is 28.4. The molecule has 1 aromatic rings. The van der Waals surface area contributed by atoms with E-state index in [1.165, 1.54) is 0 Å². The molecule has 0 aliphatic carbocycles. The van der Waals surface area contributed by atoms with Crippen LogP contribution in [-0.2, 0) is 20.5 Å². The van der Waals surface area contributed by atoms with Crippen molar-refractivity contribution in [2.75, 3.05) is 26.3 Å². The van der Waals surface area contributed by atoms with Gasteiger partial charge in [-0.25, -0.2) is 4.79 Å². The molecule has 1 heterocycles. The van der Waals surface area contributed by atoms with Gasteiger partial charge < -0.3 is 18.8 Å². The molecule has 0 saturated carbocycles. The van der Waals surface area contributed by atoms with Gasteiger partial charge in [0.1, 0.15) is 6.61 Å². The zero-order chi connectivity index (χ0) is 19.2. The third-order valence-electron chi connectivity index (χ3n) is 5.31. The predicted molar refractivity (Wildman–Crippen MR) is 106 cm³/mol. The van der Waals surface area contributed by atoms with Gasteiger partial charge in [-0.15, -0.1) is 0 Å². The lowest BCUT2D eigenvalue weighted by molar-refractivity contribution is 0.0344. The van der Waals surface area contributed by atoms with Gasteiger partial charge in [0.15, 0.2) is 8.32 Å². The summed E-state index contributed by atoms with van der Waals surface area (Å²) in [7, 11) is -1.72. The minimum atomic E-state index is -1.72. The first-order valence-electron chi connectivity index (χ1n) is 9.40. The van der Waals surface area contributed by atoms with Crippen molar-refractivity contribution in [1.29, 1.82) is 0 Å². The van der Waals surface area contributed by atoms with E-state index in [9.17, 15) is 4.79 Å². The van der Waals surface area contributed by atoms with Crippen LogP contribution < -0.4 is 0 Å². The van der Waals surface area contributed by atoms with Crippen molar-refractivity contribution in [3.8, 4) is 0 Å². The molecular weight excluding hydrogens is 346 g/mol. The number of benzene rings is 1. The average Bonchev–Trinajstić information content (AvgIpc) is 3.05. The van der Waals surface area contributed by atoms with E-state index in [2.05, 4.69) is 33.9 Å². The first-order valence-corrected chi connectivity index (χ1v) is 12.3. The van der Waals surface area contributed by atoms with E-state index >= 15 is 0 Å². The largest absolute Gasteiger partial charge is 0.445 e. The summed E-state index contributed by atoms with van der Waals surface area (Å²) in [5, 5.41) is 0.208. The van der Waals surface area contributed by atoms with Crippen LogP contribution in [0.25, 0.3) is 0 Å². The van der Waals surface area contributed by atoms with Crippen LogP contribution in [0.3, 0.4) is 0 Å². The molecule has 0 bridgehead atoms. The lowest BCUT2D eigenvalue weighted by Crippen LogP contribution is -2.41. The number of carbonyl (C=O) groups excluding carboxylic acids is 1. The SMILES string of the molecule is CC(C)(C)[Si](C)(C)OCCOC1CCN(C(=O)OCc2ccccc2)C1. The van der Waals surface area contributed by atoms with Gasteiger partial charge in [0.25, 0.3) is 0 Å². The van der Waals surface area contributed by atoms with Crippen molar-refractivity contribution in [2.45, 2.75) is 58.0 Å². The Morgan fingerprint density at radius 3 is 2.54 bits per heavy atom. The second-order valence-electron chi connectivity index (χ2n) is 8.38. The fraction of sp³-hybridized carbons (Fsp3) is 0.650. The maximum atomic E-state index is 12.2. The van der Waals surface area contributed by atoms with Gasteiger partial charge >= 0.3 is 6.09 Å². The number of hydrogen-bond acceptors (Lipinski definition) is 4. The van der Waals surface area contributed by atoms with Gasteiger partial charge in [-0.3, -0.25) is 0 Å². The van der Waals surface area contributed by atoms with Crippen molar-refractivity contribution < 1.29 is 18.7 Å². The van der Waals surface area contributed by atoms with Crippen LogP contribution in [0.1, 0.15) is 32.8 Å². The molecule has 5 nitrogen and oxygen atoms in total. The van der Waals surface area contributed by atoms with Crippen molar-refractivity contribution in [2.24, 2.45) is 0 Å². The van der Waals surface area contributed by atoms with Crippen LogP contribution in [0.15, 0.2) is 30.3 Å². The average molecular weight is 380 g/mol. The molecule has 0 aromatic heterocycles. The van der Waals surface area contributed by atoms with Gasteiger partial charge in [0.05, 0.1) is 25.9 Å². The Labute approximate surface area is 158 Å². The van der Waals surface area contributed by atoms with Crippen LogP contribution in [0.5, 0.6) is 0 Å². The minimum Gasteiger partial charge on any atom is -0.445 e. The lowest BCUT2D eigenvalue weighted by atomic mass is 10.2. The maximum Gasteiger partial charge on any atom is 0.410 e. The fourth-order valence-corrected chi connectivity index (χ4v) is 3.60. The van der Waals surface area contributed by atoms with Gasteiger partial charge in [-0.05, 0) is 30.1 Å². The molecule has 2 rings (SSSR count). The van der Waals surface area contributed by atoms with E-state index in [1.54, 1.807) is 4.90 Å². The van der Waals surface area contributed by atoms with Crippen LogP contribution in [0.4, 0.5) is 4.79 Å². The number of carbonyl (C=O) groups is 1. The zero-order valence-corrected chi connectivity index (χ0v) is 17.8. The third-order valence-corrected chi connectivity index (χ3v) is 9.85. The molecular formula is C20H33NO4Si. The van der Waals surface area contributed by atoms with Gasteiger partial charge in [0.2, 0.25) is 0 Å². The van der Waals surface area contributed by atoms with Crippen LogP contribution in [0, 0.1) is 0 Å². The molecule has 1 amide bonds. The van der Waals surface area contributed by atoms with Gasteiger partial charge in [-0.1, -0.05) is 51.1 Å². The monoisotopic (exact) mass is 379 g/mol. The second kappa shape index (κ2) is 9.02. The van der Waals surface area contributed by atoms with E-state index in [0.29, 0.717) is 32.9 Å². The van der Waals surface area contributed by atoms with Crippen molar-refractivity contribution in [3.05, 3.63) is 35.9 Å². The molecule has 0 radical (unpaired) electrons. The molecule has 1 aromatic carbocycles. The Kier molecular flexibility index (Phi) is 7.26. The molecule has 1 saturated heterocycles. The summed E-state index contributed by atoms with van der Waals surface area (Å²) in [4.78, 5) is 13.9. The Morgan fingerprint density at radius 2 is 1.88 bits per heavy atom. The smallest absolute Gasteiger partial charge is 0.410 e. The summed E-state index contributed by atoms with van der Waals surface area (Å²) in [5.41, 5.74) is 0.996. The minimum absolute atomic E-state index is 0.0716. The van der Waals surface area contributed by atoms with E-state index in [4.69, 9.17) is 13.9 Å². The van der Waals surface area contributed by atoms with Crippen LogP contribution >= 0.6 is 0 Å². The number of ether oxygens (including phenoxy) is 2. The quantitative estimate of drug-likeness (QED) is 0.519. The third kappa shape index (κ3) is 6.11. The number of nitrogens with zero attached hydrogens (tertiary/aromatic N) is 1. The molecule has 146 valence electrons. The highest BCUT2D eigenvalue weighted by Crippen LogP contribution is 2.36. The second-order valence-corrected chi connectivity index (χ2v) is 13.2. The number of amides is 1. The molecule has 26 heavy (non-hydrogen) atoms. The summed E-state index contributed by atoms with van der Waals surface area (Å²) >= 11 is 0. The van der Waals surface area contributed by atoms with Crippen molar-refractivity contribution in [1.82, 2.24) is 4.90 Å². The number of hydrogen-bond donors (Lipinski definition) is 0. The van der Waals surface area contributed by atoms with E-state index in [-0.39, 0.29) is 17.2 Å². The summed E-state index contributed by atoms with van der Waals surface area (Å²) in [6.07, 6.45) is 0.653. The lowest BCUT2D eigenvalue weighted by Gasteiger charge is -2.36. The van der Waals surface area contributed by atoms with E-state index in [0.717, 1.165) is 12.0 Å². The van der Waals surface area contributed by atoms with E-state index in [1.807, 2.05) is 30.3 Å². The first kappa shape index (κ1) is 20.9. The van der Waals surface area contributed by atoms with E-state index < -0.39 is 8.32 Å². The molecule has 6 heteroatoms. The van der Waals surface area contributed by atoms with Gasteiger partial charge in [0, 0.05) is 6.54 Å². The summed E-state index contributed by atoms with van der Waals surface area (Å²) in [6, 6.07) is 9.73. The molecule has 0 spiro atoms. The zero-order valence-electron chi connectivity index (χ0n) is 16.8. The Morgan fingerprint density at radius 1 is 1.19 bits per heavy atom. The standard InChI is InChI=1S/C20H33NO4Si/c1-20(2,3)26(4,5)25-14-13-23-18-11-12-21(15-18)19(22)24-16-17-9-7-6-8-10-17/h6-10,18H,11-16H2,1-5H3. The molecule has 1 fully saturated rings. The predicted octanol–water partition coefficient (Wildman–Crippen LogP) is 4.44. The molecule has 1 unspecified atom stereocenters. The summed E-state index contributed by atoms with van der Waals surface area (Å²) in [5.74, 6) is 0.